The van der Waals surface area contributed by atoms with E-state index in [1.807, 2.05) is 4.90 Å². The fourth-order valence-electron chi connectivity index (χ4n) is 3.78. The lowest BCUT2D eigenvalue weighted by Crippen LogP contribution is -2.31. The van der Waals surface area contributed by atoms with Crippen LogP contribution in [0, 0.1) is 11.6 Å². The second-order valence-electron chi connectivity index (χ2n) is 7.59. The quantitative estimate of drug-likeness (QED) is 0.403. The molecule has 0 atom stereocenters. The van der Waals surface area contributed by atoms with Crippen molar-refractivity contribution in [2.24, 2.45) is 0 Å². The minimum Gasteiger partial charge on any atom is -0.454 e. The molecule has 0 bridgehead atoms. The zero-order valence-electron chi connectivity index (χ0n) is 18.5. The smallest absolute Gasteiger partial charge is 0.340 e. The first-order valence-electron chi connectivity index (χ1n) is 10.7. The molecule has 7 nitrogen and oxygen atoms in total. The van der Waals surface area contributed by atoms with Gasteiger partial charge in [0.1, 0.15) is 11.6 Å². The monoisotopic (exact) mass is 480 g/mol. The van der Waals surface area contributed by atoms with E-state index in [4.69, 9.17) is 4.74 Å². The summed E-state index contributed by atoms with van der Waals surface area (Å²) in [5, 5.41) is 0. The van der Waals surface area contributed by atoms with Crippen LogP contribution in [0.3, 0.4) is 0 Å². The molecule has 0 radical (unpaired) electrons. The first-order chi connectivity index (χ1) is 15.7. The Labute approximate surface area is 192 Å². The Balaban J connectivity index is 1.90. The van der Waals surface area contributed by atoms with Crippen molar-refractivity contribution in [3.8, 4) is 0 Å². The minimum absolute atomic E-state index is 0.00218. The molecule has 1 heterocycles. The van der Waals surface area contributed by atoms with Crippen molar-refractivity contribution in [3.63, 3.8) is 0 Å². The molecule has 0 saturated carbocycles. The van der Waals surface area contributed by atoms with Gasteiger partial charge < -0.3 is 9.64 Å². The molecular weight excluding hydrogens is 454 g/mol. The van der Waals surface area contributed by atoms with E-state index in [9.17, 15) is 26.8 Å². The number of ether oxygens (including phenoxy) is 1. The molecule has 10 heteroatoms. The van der Waals surface area contributed by atoms with Gasteiger partial charge in [0.15, 0.2) is 6.61 Å². The number of carbonyl (C=O) groups is 2. The number of benzene rings is 2. The summed E-state index contributed by atoms with van der Waals surface area (Å²) in [7, 11) is -3.83. The van der Waals surface area contributed by atoms with Crippen molar-refractivity contribution >= 4 is 27.5 Å². The number of nitrogens with zero attached hydrogens (tertiary/aromatic N) is 2. The predicted octanol–water partition coefficient (Wildman–Crippen LogP) is 3.64. The minimum atomic E-state index is -3.83. The van der Waals surface area contributed by atoms with Crippen molar-refractivity contribution in [2.75, 3.05) is 37.7 Å². The number of Topliss-reactive ketones (excluding diaryl/α,β-unsaturated/α-hetero) is 1. The predicted molar refractivity (Wildman–Crippen MR) is 119 cm³/mol. The molecule has 0 amide bonds. The number of esters is 1. The summed E-state index contributed by atoms with van der Waals surface area (Å²) in [5.41, 5.74) is -0.0292. The summed E-state index contributed by atoms with van der Waals surface area (Å²) in [6.07, 6.45) is 1.84. The summed E-state index contributed by atoms with van der Waals surface area (Å²) < 4.78 is 59.5. The number of anilines is 1. The summed E-state index contributed by atoms with van der Waals surface area (Å²) in [5.74, 6) is -3.55. The first kappa shape index (κ1) is 24.8. The van der Waals surface area contributed by atoms with Gasteiger partial charge in [-0.15, -0.1) is 0 Å². The normalized spacial score (nSPS) is 14.0. The lowest BCUT2D eigenvalue weighted by atomic mass is 10.1. The molecule has 0 spiro atoms. The Morgan fingerprint density at radius 2 is 1.67 bits per heavy atom. The molecule has 1 aliphatic heterocycles. The molecule has 178 valence electrons. The van der Waals surface area contributed by atoms with E-state index in [1.54, 1.807) is 19.9 Å². The second kappa shape index (κ2) is 10.4. The summed E-state index contributed by atoms with van der Waals surface area (Å²) >= 11 is 0. The Morgan fingerprint density at radius 3 is 2.30 bits per heavy atom. The number of sulfonamides is 1. The molecule has 0 N–H and O–H groups in total. The van der Waals surface area contributed by atoms with Gasteiger partial charge in [0.2, 0.25) is 15.8 Å². The van der Waals surface area contributed by atoms with Crippen LogP contribution in [-0.2, 0) is 14.8 Å². The maximum Gasteiger partial charge on any atom is 0.340 e. The zero-order valence-corrected chi connectivity index (χ0v) is 19.3. The largest absolute Gasteiger partial charge is 0.454 e. The van der Waals surface area contributed by atoms with Gasteiger partial charge in [0.25, 0.3) is 0 Å². The van der Waals surface area contributed by atoms with Crippen molar-refractivity contribution in [3.05, 3.63) is 59.2 Å². The molecule has 2 aromatic carbocycles. The van der Waals surface area contributed by atoms with Gasteiger partial charge in [0, 0.05) is 26.2 Å². The van der Waals surface area contributed by atoms with Gasteiger partial charge in [-0.1, -0.05) is 13.8 Å². The molecule has 0 aromatic heterocycles. The average Bonchev–Trinajstić information content (AvgIpc) is 3.34. The highest BCUT2D eigenvalue weighted by atomic mass is 32.2. The Bertz CT molecular complexity index is 1140. The fraction of sp³-hybridized carbons (Fsp3) is 0.391. The van der Waals surface area contributed by atoms with Crippen molar-refractivity contribution in [1.29, 1.82) is 0 Å². The highest BCUT2D eigenvalue weighted by molar-refractivity contribution is 7.89. The van der Waals surface area contributed by atoms with Gasteiger partial charge >= 0.3 is 5.97 Å². The van der Waals surface area contributed by atoms with Crippen LogP contribution in [0.25, 0.3) is 0 Å². The van der Waals surface area contributed by atoms with Crippen LogP contribution in [0.15, 0.2) is 41.3 Å². The van der Waals surface area contributed by atoms with Crippen LogP contribution < -0.4 is 4.90 Å². The van der Waals surface area contributed by atoms with E-state index in [0.29, 0.717) is 18.8 Å². The summed E-state index contributed by atoms with van der Waals surface area (Å²) in [4.78, 5) is 27.1. The number of hydrogen-bond donors (Lipinski definition) is 0. The van der Waals surface area contributed by atoms with E-state index in [-0.39, 0.29) is 23.5 Å². The van der Waals surface area contributed by atoms with Gasteiger partial charge in [-0.25, -0.2) is 22.0 Å². The third-order valence-corrected chi connectivity index (χ3v) is 7.59. The highest BCUT2D eigenvalue weighted by Crippen LogP contribution is 2.29. The van der Waals surface area contributed by atoms with Gasteiger partial charge in [-0.05, 0) is 49.2 Å². The molecule has 3 rings (SSSR count). The Hall–Kier alpha value is -2.85. The number of ketones is 1. The number of hydrogen-bond acceptors (Lipinski definition) is 6. The number of carbonyl (C=O) groups excluding carboxylic acids is 2. The lowest BCUT2D eigenvalue weighted by molar-refractivity contribution is 0.0474. The molecule has 1 aliphatic rings. The molecule has 0 unspecified atom stereocenters. The second-order valence-corrected chi connectivity index (χ2v) is 9.52. The zero-order chi connectivity index (χ0) is 24.2. The van der Waals surface area contributed by atoms with Crippen LogP contribution in [-0.4, -0.2) is 57.3 Å². The third kappa shape index (κ3) is 5.39. The van der Waals surface area contributed by atoms with Gasteiger partial charge in [-0.2, -0.15) is 4.31 Å². The molecular formula is C23H26F2N2O5S. The molecule has 33 heavy (non-hydrogen) atoms. The first-order valence-corrected chi connectivity index (χ1v) is 12.2. The number of rotatable bonds is 9. The number of halogens is 2. The highest BCUT2D eigenvalue weighted by Gasteiger charge is 2.27. The standard InChI is InChI=1S/C23H26F2N2O5S/c1-3-27(4-2)33(30,31)17-8-10-21(26-11-5-6-12-26)19(14-17)23(29)32-15-22(28)18-13-16(24)7-9-20(18)25/h7-10,13-14H,3-6,11-12,15H2,1-2H3. The summed E-state index contributed by atoms with van der Waals surface area (Å²) in [6.45, 7) is 4.52. The molecule has 2 aromatic rings. The van der Waals surface area contributed by atoms with E-state index in [1.165, 1.54) is 16.4 Å². The molecule has 0 aliphatic carbocycles. The van der Waals surface area contributed by atoms with Crippen LogP contribution in [0.5, 0.6) is 0 Å². The van der Waals surface area contributed by atoms with Crippen LogP contribution >= 0.6 is 0 Å². The van der Waals surface area contributed by atoms with Crippen molar-refractivity contribution in [2.45, 2.75) is 31.6 Å². The summed E-state index contributed by atoms with van der Waals surface area (Å²) in [6, 6.07) is 6.69. The van der Waals surface area contributed by atoms with Crippen LogP contribution in [0.1, 0.15) is 47.4 Å². The van der Waals surface area contributed by atoms with Crippen molar-refractivity contribution in [1.82, 2.24) is 4.31 Å². The SMILES string of the molecule is CCN(CC)S(=O)(=O)c1ccc(N2CCCC2)c(C(=O)OCC(=O)c2cc(F)ccc2F)c1. The average molecular weight is 481 g/mol. The molecule has 1 saturated heterocycles. The van der Waals surface area contributed by atoms with E-state index >= 15 is 0 Å². The van der Waals surface area contributed by atoms with Gasteiger partial charge in [0.05, 0.1) is 21.7 Å². The maximum atomic E-state index is 13.9. The Morgan fingerprint density at radius 1 is 1.00 bits per heavy atom. The van der Waals surface area contributed by atoms with E-state index in [0.717, 1.165) is 31.0 Å². The van der Waals surface area contributed by atoms with E-state index in [2.05, 4.69) is 0 Å². The lowest BCUT2D eigenvalue weighted by Gasteiger charge is -2.23. The fourth-order valence-corrected chi connectivity index (χ4v) is 5.27. The third-order valence-electron chi connectivity index (χ3n) is 5.54. The van der Waals surface area contributed by atoms with Crippen LogP contribution in [0.2, 0.25) is 0 Å². The van der Waals surface area contributed by atoms with Crippen molar-refractivity contribution < 1.29 is 31.5 Å². The Kier molecular flexibility index (Phi) is 7.80. The van der Waals surface area contributed by atoms with Crippen LogP contribution in [0.4, 0.5) is 14.5 Å². The molecule has 1 fully saturated rings. The maximum absolute atomic E-state index is 13.9. The van der Waals surface area contributed by atoms with Gasteiger partial charge in [-0.3, -0.25) is 4.79 Å². The topological polar surface area (TPSA) is 84.0 Å². The van der Waals surface area contributed by atoms with E-state index < -0.39 is 45.6 Å².